The number of hydrogen-bond acceptors (Lipinski definition) is 4. The highest BCUT2D eigenvalue weighted by atomic mass is 16.6. The van der Waals surface area contributed by atoms with E-state index in [0.29, 0.717) is 19.4 Å². The molecule has 2 unspecified atom stereocenters. The second-order valence-corrected chi connectivity index (χ2v) is 4.00. The molecule has 0 radical (unpaired) electrons. The van der Waals surface area contributed by atoms with Gasteiger partial charge in [-0.3, -0.25) is 9.59 Å². The first-order valence-electron chi connectivity index (χ1n) is 5.55. The molecule has 1 aliphatic rings. The van der Waals surface area contributed by atoms with Crippen LogP contribution in [0.1, 0.15) is 25.7 Å². The summed E-state index contributed by atoms with van der Waals surface area (Å²) < 4.78 is 9.74. The minimum Gasteiger partial charge on any atom is -0.481 e. The molecular formula is C11H18O5. The van der Waals surface area contributed by atoms with Gasteiger partial charge < -0.3 is 14.6 Å². The molecule has 1 saturated carbocycles. The van der Waals surface area contributed by atoms with Gasteiger partial charge in [0.1, 0.15) is 6.61 Å². The summed E-state index contributed by atoms with van der Waals surface area (Å²) in [7, 11) is 1.52. The van der Waals surface area contributed by atoms with Crippen molar-refractivity contribution >= 4 is 11.9 Å². The molecule has 1 fully saturated rings. The Balaban J connectivity index is 2.47. The van der Waals surface area contributed by atoms with Crippen LogP contribution in [0.25, 0.3) is 0 Å². The zero-order valence-electron chi connectivity index (χ0n) is 9.48. The first-order chi connectivity index (χ1) is 7.66. The average Bonchev–Trinajstić information content (AvgIpc) is 2.29. The second kappa shape index (κ2) is 6.48. The molecule has 2 atom stereocenters. The standard InChI is InChI=1S/C11H18O5/c1-15-6-7-16-11(14)9-5-3-2-4-8(9)10(12)13/h8-9H,2-7H2,1H3,(H,12,13). The summed E-state index contributed by atoms with van der Waals surface area (Å²) in [6.45, 7) is 0.536. The third-order valence-corrected chi connectivity index (χ3v) is 2.92. The second-order valence-electron chi connectivity index (χ2n) is 4.00. The number of aliphatic carboxylic acids is 1. The van der Waals surface area contributed by atoms with Crippen LogP contribution in [0.4, 0.5) is 0 Å². The Morgan fingerprint density at radius 3 is 2.38 bits per heavy atom. The maximum atomic E-state index is 11.6. The van der Waals surface area contributed by atoms with E-state index in [-0.39, 0.29) is 6.61 Å². The summed E-state index contributed by atoms with van der Waals surface area (Å²) in [5.41, 5.74) is 0. The van der Waals surface area contributed by atoms with Crippen LogP contribution in [0.2, 0.25) is 0 Å². The molecule has 0 aliphatic heterocycles. The fourth-order valence-corrected chi connectivity index (χ4v) is 2.04. The molecule has 5 nitrogen and oxygen atoms in total. The van der Waals surface area contributed by atoms with E-state index in [9.17, 15) is 9.59 Å². The van der Waals surface area contributed by atoms with Gasteiger partial charge in [-0.25, -0.2) is 0 Å². The minimum absolute atomic E-state index is 0.193. The Kier molecular flexibility index (Phi) is 5.25. The molecule has 0 amide bonds. The Morgan fingerprint density at radius 1 is 1.19 bits per heavy atom. The maximum absolute atomic E-state index is 11.6. The van der Waals surface area contributed by atoms with Crippen molar-refractivity contribution < 1.29 is 24.2 Å². The van der Waals surface area contributed by atoms with Crippen molar-refractivity contribution in [2.45, 2.75) is 25.7 Å². The van der Waals surface area contributed by atoms with Crippen molar-refractivity contribution in [1.82, 2.24) is 0 Å². The predicted molar refractivity (Wildman–Crippen MR) is 55.9 cm³/mol. The van der Waals surface area contributed by atoms with Gasteiger partial charge in [-0.1, -0.05) is 12.8 Å². The predicted octanol–water partition coefficient (Wildman–Crippen LogP) is 1.07. The molecule has 5 heteroatoms. The number of esters is 1. The number of methoxy groups -OCH3 is 1. The summed E-state index contributed by atoms with van der Waals surface area (Å²) >= 11 is 0. The highest BCUT2D eigenvalue weighted by Crippen LogP contribution is 2.31. The number of ether oxygens (including phenoxy) is 2. The maximum Gasteiger partial charge on any atom is 0.309 e. The van der Waals surface area contributed by atoms with E-state index in [0.717, 1.165) is 12.8 Å². The molecule has 1 aliphatic carbocycles. The van der Waals surface area contributed by atoms with Gasteiger partial charge in [0.05, 0.1) is 18.4 Å². The van der Waals surface area contributed by atoms with Gasteiger partial charge in [-0.05, 0) is 12.8 Å². The van der Waals surface area contributed by atoms with Crippen molar-refractivity contribution in [3.05, 3.63) is 0 Å². The summed E-state index contributed by atoms with van der Waals surface area (Å²) in [4.78, 5) is 22.6. The van der Waals surface area contributed by atoms with E-state index in [1.807, 2.05) is 0 Å². The zero-order valence-corrected chi connectivity index (χ0v) is 9.48. The number of rotatable bonds is 5. The van der Waals surface area contributed by atoms with E-state index in [1.165, 1.54) is 7.11 Å². The molecule has 0 heterocycles. The van der Waals surface area contributed by atoms with E-state index < -0.39 is 23.8 Å². The van der Waals surface area contributed by atoms with Gasteiger partial charge in [0.25, 0.3) is 0 Å². The molecule has 0 aromatic carbocycles. The number of carboxylic acid groups (broad SMARTS) is 1. The van der Waals surface area contributed by atoms with E-state index in [1.54, 1.807) is 0 Å². The first kappa shape index (κ1) is 13.0. The lowest BCUT2D eigenvalue weighted by molar-refractivity contribution is -0.160. The third-order valence-electron chi connectivity index (χ3n) is 2.92. The van der Waals surface area contributed by atoms with Crippen molar-refractivity contribution in [1.29, 1.82) is 0 Å². The summed E-state index contributed by atoms with van der Waals surface area (Å²) in [5, 5.41) is 9.00. The van der Waals surface area contributed by atoms with Crippen molar-refractivity contribution in [3.63, 3.8) is 0 Å². The van der Waals surface area contributed by atoms with Crippen molar-refractivity contribution in [2.24, 2.45) is 11.8 Å². The molecule has 1 rings (SSSR count). The van der Waals surface area contributed by atoms with E-state index in [4.69, 9.17) is 14.6 Å². The number of hydrogen-bond donors (Lipinski definition) is 1. The Bertz CT molecular complexity index is 251. The largest absolute Gasteiger partial charge is 0.481 e. The number of carbonyl (C=O) groups excluding carboxylic acids is 1. The lowest BCUT2D eigenvalue weighted by Gasteiger charge is -2.26. The lowest BCUT2D eigenvalue weighted by atomic mass is 9.79. The quantitative estimate of drug-likeness (QED) is 0.565. The first-order valence-corrected chi connectivity index (χ1v) is 5.55. The van der Waals surface area contributed by atoms with Gasteiger partial charge in [-0.2, -0.15) is 0 Å². The average molecular weight is 230 g/mol. The molecule has 0 aromatic heterocycles. The molecule has 0 bridgehead atoms. The van der Waals surface area contributed by atoms with Crippen LogP contribution >= 0.6 is 0 Å². The fraction of sp³-hybridized carbons (Fsp3) is 0.818. The SMILES string of the molecule is COCCOC(=O)C1CCCCC1C(=O)O. The van der Waals surface area contributed by atoms with Crippen LogP contribution < -0.4 is 0 Å². The number of carboxylic acids is 1. The van der Waals surface area contributed by atoms with Crippen LogP contribution in [0.3, 0.4) is 0 Å². The molecule has 0 aromatic rings. The highest BCUT2D eigenvalue weighted by molar-refractivity contribution is 5.81. The lowest BCUT2D eigenvalue weighted by Crippen LogP contribution is -2.34. The highest BCUT2D eigenvalue weighted by Gasteiger charge is 2.36. The van der Waals surface area contributed by atoms with Crippen LogP contribution in [-0.4, -0.2) is 37.4 Å². The van der Waals surface area contributed by atoms with Crippen molar-refractivity contribution in [3.8, 4) is 0 Å². The molecule has 92 valence electrons. The monoisotopic (exact) mass is 230 g/mol. The molecular weight excluding hydrogens is 212 g/mol. The summed E-state index contributed by atoms with van der Waals surface area (Å²) in [6, 6.07) is 0. The van der Waals surface area contributed by atoms with Crippen LogP contribution in [0.15, 0.2) is 0 Å². The van der Waals surface area contributed by atoms with Gasteiger partial charge >= 0.3 is 11.9 Å². The van der Waals surface area contributed by atoms with Crippen LogP contribution in [0, 0.1) is 11.8 Å². The van der Waals surface area contributed by atoms with Gasteiger partial charge in [-0.15, -0.1) is 0 Å². The van der Waals surface area contributed by atoms with Crippen LogP contribution in [0.5, 0.6) is 0 Å². The molecule has 1 N–H and O–H groups in total. The third kappa shape index (κ3) is 3.48. The minimum atomic E-state index is -0.895. The van der Waals surface area contributed by atoms with Crippen LogP contribution in [-0.2, 0) is 19.1 Å². The summed E-state index contributed by atoms with van der Waals surface area (Å²) in [5.74, 6) is -2.36. The zero-order chi connectivity index (χ0) is 12.0. The van der Waals surface area contributed by atoms with Crippen molar-refractivity contribution in [2.75, 3.05) is 20.3 Å². The van der Waals surface area contributed by atoms with Gasteiger partial charge in [0.15, 0.2) is 0 Å². The summed E-state index contributed by atoms with van der Waals surface area (Å²) in [6.07, 6.45) is 2.95. The fourth-order valence-electron chi connectivity index (χ4n) is 2.04. The van der Waals surface area contributed by atoms with E-state index >= 15 is 0 Å². The normalized spacial score (nSPS) is 25.1. The number of carbonyl (C=O) groups is 2. The molecule has 0 spiro atoms. The smallest absolute Gasteiger partial charge is 0.309 e. The molecule has 16 heavy (non-hydrogen) atoms. The van der Waals surface area contributed by atoms with E-state index in [2.05, 4.69) is 0 Å². The Labute approximate surface area is 94.7 Å². The van der Waals surface area contributed by atoms with Gasteiger partial charge in [0.2, 0.25) is 0 Å². The Hall–Kier alpha value is -1.10. The Morgan fingerprint density at radius 2 is 1.81 bits per heavy atom. The molecule has 0 saturated heterocycles. The van der Waals surface area contributed by atoms with Gasteiger partial charge in [0, 0.05) is 7.11 Å². The topological polar surface area (TPSA) is 72.8 Å².